The van der Waals surface area contributed by atoms with Crippen LogP contribution in [0.5, 0.6) is 11.5 Å². The highest BCUT2D eigenvalue weighted by atomic mass is 32.2. The third-order valence-electron chi connectivity index (χ3n) is 5.18. The molecule has 9 heteroatoms. The molecule has 5 nitrogen and oxygen atoms in total. The number of halogens is 3. The Morgan fingerprint density at radius 2 is 1.66 bits per heavy atom. The first-order valence-electron chi connectivity index (χ1n) is 9.07. The minimum Gasteiger partial charge on any atom is -0.457 e. The number of hydrogen-bond acceptors (Lipinski definition) is 4. The number of carbonyl (C=O) groups is 1. The summed E-state index contributed by atoms with van der Waals surface area (Å²) in [6.45, 7) is 0.900. The van der Waals surface area contributed by atoms with Gasteiger partial charge in [-0.15, -0.1) is 0 Å². The van der Waals surface area contributed by atoms with E-state index in [4.69, 9.17) is 4.74 Å². The van der Waals surface area contributed by atoms with Crippen molar-refractivity contribution in [2.45, 2.75) is 19.1 Å². The summed E-state index contributed by atoms with van der Waals surface area (Å²) in [5, 5.41) is 0. The predicted molar refractivity (Wildman–Crippen MR) is 99.2 cm³/mol. The summed E-state index contributed by atoms with van der Waals surface area (Å²) < 4.78 is 66.2. The number of nitrogens with zero attached hydrogens (tertiary/aromatic N) is 1. The molecular formula is C20H18F3NO4S. The molecule has 2 aliphatic rings. The topological polar surface area (TPSA) is 63.7 Å². The third kappa shape index (κ3) is 4.24. The van der Waals surface area contributed by atoms with Gasteiger partial charge >= 0.3 is 6.18 Å². The highest BCUT2D eigenvalue weighted by Crippen LogP contribution is 2.32. The number of amides is 1. The van der Waals surface area contributed by atoms with Gasteiger partial charge in [-0.25, -0.2) is 8.42 Å². The molecule has 0 spiro atoms. The summed E-state index contributed by atoms with van der Waals surface area (Å²) in [6.07, 6.45) is -3.79. The summed E-state index contributed by atoms with van der Waals surface area (Å²) in [6, 6.07) is 9.84. The molecule has 0 bridgehead atoms. The fourth-order valence-corrected chi connectivity index (χ4v) is 5.01. The second-order valence-electron chi connectivity index (χ2n) is 7.34. The molecule has 2 aromatic carbocycles. The van der Waals surface area contributed by atoms with E-state index in [0.29, 0.717) is 31.0 Å². The van der Waals surface area contributed by atoms with E-state index < -0.39 is 27.5 Å². The van der Waals surface area contributed by atoms with Crippen LogP contribution < -0.4 is 4.74 Å². The highest BCUT2D eigenvalue weighted by molar-refractivity contribution is 7.92. The Balaban J connectivity index is 1.42. The first-order valence-corrected chi connectivity index (χ1v) is 10.9. The summed E-state index contributed by atoms with van der Waals surface area (Å²) >= 11 is 0. The number of sulfone groups is 1. The molecule has 2 aliphatic heterocycles. The van der Waals surface area contributed by atoms with Crippen molar-refractivity contribution >= 4 is 15.7 Å². The lowest BCUT2D eigenvalue weighted by molar-refractivity contribution is -0.137. The van der Waals surface area contributed by atoms with Crippen LogP contribution in [0.15, 0.2) is 42.5 Å². The van der Waals surface area contributed by atoms with Crippen molar-refractivity contribution in [1.82, 2.24) is 4.90 Å². The molecule has 154 valence electrons. The summed E-state index contributed by atoms with van der Waals surface area (Å²) in [5.41, 5.74) is 1.21. The molecule has 0 aromatic heterocycles. The first kappa shape index (κ1) is 19.8. The molecule has 0 aliphatic carbocycles. The zero-order valence-electron chi connectivity index (χ0n) is 15.3. The molecule has 2 aromatic rings. The molecule has 2 heterocycles. The maximum atomic E-state index is 12.6. The molecule has 1 saturated heterocycles. The molecule has 4 rings (SSSR count). The van der Waals surface area contributed by atoms with Gasteiger partial charge < -0.3 is 9.64 Å². The van der Waals surface area contributed by atoms with Crippen molar-refractivity contribution < 1.29 is 31.1 Å². The number of rotatable bonds is 3. The zero-order valence-corrected chi connectivity index (χ0v) is 16.1. The van der Waals surface area contributed by atoms with Gasteiger partial charge in [0.05, 0.1) is 23.0 Å². The van der Waals surface area contributed by atoms with Gasteiger partial charge in [-0.1, -0.05) is 6.07 Å². The van der Waals surface area contributed by atoms with Crippen molar-refractivity contribution in [2.24, 2.45) is 5.92 Å². The lowest BCUT2D eigenvalue weighted by Gasteiger charge is -2.34. The molecule has 0 radical (unpaired) electrons. The fraction of sp³-hybridized carbons (Fsp3) is 0.350. The summed E-state index contributed by atoms with van der Waals surface area (Å²) in [5.74, 6) is 0.0917. The Kier molecular flexibility index (Phi) is 4.80. The minimum atomic E-state index is -4.39. The standard InChI is InChI=1S/C20H18F3NO4S/c21-20(22,23)16-2-5-17(6-3-16)28-18-4-1-14-10-24(8-7-13(14)9-18)19(25)15-11-29(26,27)12-15/h1-6,9,15H,7-8,10-12H2. The van der Waals surface area contributed by atoms with E-state index in [0.717, 1.165) is 23.3 Å². The van der Waals surface area contributed by atoms with Crippen molar-refractivity contribution in [3.05, 3.63) is 59.2 Å². The quantitative estimate of drug-likeness (QED) is 0.756. The van der Waals surface area contributed by atoms with Crippen LogP contribution in [0.1, 0.15) is 16.7 Å². The van der Waals surface area contributed by atoms with Gasteiger partial charge in [0, 0.05) is 13.1 Å². The summed E-state index contributed by atoms with van der Waals surface area (Å²) in [7, 11) is -3.05. The number of alkyl halides is 3. The van der Waals surface area contributed by atoms with Crippen LogP contribution in [0.3, 0.4) is 0 Å². The van der Waals surface area contributed by atoms with Gasteiger partial charge in [-0.05, 0) is 53.9 Å². The molecule has 1 amide bonds. The van der Waals surface area contributed by atoms with Crippen LogP contribution in [-0.4, -0.2) is 37.3 Å². The lowest BCUT2D eigenvalue weighted by Crippen LogP contribution is -2.49. The van der Waals surface area contributed by atoms with Gasteiger partial charge in [-0.2, -0.15) is 13.2 Å². The minimum absolute atomic E-state index is 0.0743. The largest absolute Gasteiger partial charge is 0.457 e. The van der Waals surface area contributed by atoms with Crippen LogP contribution in [-0.2, 0) is 33.8 Å². The van der Waals surface area contributed by atoms with E-state index in [1.165, 1.54) is 12.1 Å². The average Bonchev–Trinajstić information content (AvgIpc) is 2.65. The van der Waals surface area contributed by atoms with E-state index in [1.807, 2.05) is 12.1 Å². The molecule has 0 unspecified atom stereocenters. The smallest absolute Gasteiger partial charge is 0.416 e. The fourth-order valence-electron chi connectivity index (χ4n) is 3.59. The monoisotopic (exact) mass is 425 g/mol. The number of fused-ring (bicyclic) bond motifs is 1. The van der Waals surface area contributed by atoms with Crippen LogP contribution in [0.2, 0.25) is 0 Å². The number of ether oxygens (including phenoxy) is 1. The van der Waals surface area contributed by atoms with Crippen molar-refractivity contribution in [3.8, 4) is 11.5 Å². The molecule has 0 saturated carbocycles. The van der Waals surface area contributed by atoms with Crippen LogP contribution >= 0.6 is 0 Å². The molecule has 29 heavy (non-hydrogen) atoms. The number of carbonyl (C=O) groups excluding carboxylic acids is 1. The van der Waals surface area contributed by atoms with E-state index in [2.05, 4.69) is 0 Å². The van der Waals surface area contributed by atoms with Gasteiger partial charge in [0.1, 0.15) is 11.5 Å². The Bertz CT molecular complexity index is 1040. The van der Waals surface area contributed by atoms with Gasteiger partial charge in [0.25, 0.3) is 0 Å². The summed E-state index contributed by atoms with van der Waals surface area (Å²) in [4.78, 5) is 14.1. The van der Waals surface area contributed by atoms with Crippen LogP contribution in [0.25, 0.3) is 0 Å². The second-order valence-corrected chi connectivity index (χ2v) is 9.49. The Morgan fingerprint density at radius 3 is 2.28 bits per heavy atom. The van der Waals surface area contributed by atoms with E-state index in [-0.39, 0.29) is 17.4 Å². The van der Waals surface area contributed by atoms with Crippen LogP contribution in [0, 0.1) is 5.92 Å². The number of hydrogen-bond donors (Lipinski definition) is 0. The Labute approximate surface area is 166 Å². The molecular weight excluding hydrogens is 407 g/mol. The Morgan fingerprint density at radius 1 is 1.00 bits per heavy atom. The normalized spacial score (nSPS) is 18.7. The number of benzene rings is 2. The predicted octanol–water partition coefficient (Wildman–Crippen LogP) is 3.43. The molecule has 1 fully saturated rings. The highest BCUT2D eigenvalue weighted by Gasteiger charge is 2.41. The lowest BCUT2D eigenvalue weighted by atomic mass is 9.98. The maximum absolute atomic E-state index is 12.6. The molecule has 0 atom stereocenters. The Hall–Kier alpha value is -2.55. The average molecular weight is 425 g/mol. The van der Waals surface area contributed by atoms with E-state index in [9.17, 15) is 26.4 Å². The second kappa shape index (κ2) is 7.05. The maximum Gasteiger partial charge on any atom is 0.416 e. The van der Waals surface area contributed by atoms with Gasteiger partial charge in [0.15, 0.2) is 9.84 Å². The van der Waals surface area contributed by atoms with Crippen molar-refractivity contribution in [1.29, 1.82) is 0 Å². The molecule has 0 N–H and O–H groups in total. The zero-order chi connectivity index (χ0) is 20.8. The first-order chi connectivity index (χ1) is 13.6. The van der Waals surface area contributed by atoms with Crippen LogP contribution in [0.4, 0.5) is 13.2 Å². The van der Waals surface area contributed by atoms with Gasteiger partial charge in [-0.3, -0.25) is 4.79 Å². The van der Waals surface area contributed by atoms with E-state index in [1.54, 1.807) is 11.0 Å². The SMILES string of the molecule is O=C(C1CS(=O)(=O)C1)N1CCc2cc(Oc3ccc(C(F)(F)F)cc3)ccc2C1. The van der Waals surface area contributed by atoms with Crippen molar-refractivity contribution in [3.63, 3.8) is 0 Å². The third-order valence-corrected chi connectivity index (χ3v) is 7.00. The van der Waals surface area contributed by atoms with Gasteiger partial charge in [0.2, 0.25) is 5.91 Å². The van der Waals surface area contributed by atoms with E-state index >= 15 is 0 Å². The van der Waals surface area contributed by atoms with Crippen molar-refractivity contribution in [2.75, 3.05) is 18.1 Å².